The van der Waals surface area contributed by atoms with Gasteiger partial charge in [0, 0.05) is 54.6 Å². The summed E-state index contributed by atoms with van der Waals surface area (Å²) in [5, 5.41) is 0. The van der Waals surface area contributed by atoms with E-state index < -0.39 is 31.3 Å². The Hall–Kier alpha value is 2.36. The van der Waals surface area contributed by atoms with Crippen molar-refractivity contribution in [2.75, 3.05) is 0 Å². The molecule has 0 rings (SSSR count). The van der Waals surface area contributed by atoms with Crippen LogP contribution in [-0.2, 0) is 26.9 Å². The maximum absolute atomic E-state index is 9.32. The molecule has 0 aromatic carbocycles. The zero-order valence-electron chi connectivity index (χ0n) is 8.50. The van der Waals surface area contributed by atoms with E-state index >= 15 is 0 Å². The van der Waals surface area contributed by atoms with E-state index in [1.54, 1.807) is 0 Å². The zero-order chi connectivity index (χ0) is 15.4. The van der Waals surface area contributed by atoms with Crippen molar-refractivity contribution in [3.8, 4) is 0 Å². The SMILES string of the molecule is O=P([O-])([O-])OP(=O)([O-])[O-].O=P([O-])([O-])OP(=O)([O-])[O-].[Pb].[Pb]. The summed E-state index contributed by atoms with van der Waals surface area (Å²) in [5.74, 6) is 0. The molecule has 0 amide bonds. The van der Waals surface area contributed by atoms with Gasteiger partial charge in [-0.3, -0.25) is 0 Å². The second-order valence-corrected chi connectivity index (χ2v) is 6.84. The Morgan fingerprint density at radius 3 is 0.550 bits per heavy atom. The molecule has 0 aromatic heterocycles. The van der Waals surface area contributed by atoms with Gasteiger partial charge >= 0.3 is 0 Å². The first-order valence-electron chi connectivity index (χ1n) is 2.92. The van der Waals surface area contributed by atoms with Crippen LogP contribution in [0.1, 0.15) is 0 Å². The van der Waals surface area contributed by atoms with Crippen molar-refractivity contribution >= 4 is 85.9 Å². The Morgan fingerprint density at radius 2 is 0.550 bits per heavy atom. The number of hydrogen-bond donors (Lipinski definition) is 0. The molecule has 0 atom stereocenters. The van der Waals surface area contributed by atoms with Crippen LogP contribution in [0, 0.1) is 0 Å². The molecule has 20 heteroatoms. The van der Waals surface area contributed by atoms with Gasteiger partial charge in [0.05, 0.1) is 31.3 Å². The largest absolute Gasteiger partial charge is 0.790 e. The van der Waals surface area contributed by atoms with Crippen LogP contribution >= 0.6 is 31.3 Å². The predicted octanol–water partition coefficient (Wildman–Crippen LogP) is -7.44. The Balaban J connectivity index is -0.000000116. The first-order chi connectivity index (χ1) is 7.41. The van der Waals surface area contributed by atoms with Crippen LogP contribution in [-0.4, -0.2) is 54.6 Å². The summed E-state index contributed by atoms with van der Waals surface area (Å²) in [5.41, 5.74) is 0. The molecular formula is O14P4Pb2-8. The summed E-state index contributed by atoms with van der Waals surface area (Å²) in [4.78, 5) is 74.6. The van der Waals surface area contributed by atoms with Gasteiger partial charge in [-0.05, 0) is 0 Å². The minimum atomic E-state index is -5.68. The van der Waals surface area contributed by atoms with E-state index in [1.807, 2.05) is 0 Å². The van der Waals surface area contributed by atoms with E-state index in [4.69, 9.17) is 0 Å². The van der Waals surface area contributed by atoms with E-state index in [2.05, 4.69) is 8.62 Å². The molecule has 0 unspecified atom stereocenters. The number of hydrogen-bond acceptors (Lipinski definition) is 14. The molecule has 0 saturated carbocycles. The van der Waals surface area contributed by atoms with E-state index in [0.29, 0.717) is 0 Å². The van der Waals surface area contributed by atoms with Gasteiger partial charge < -0.3 is 66.0 Å². The summed E-state index contributed by atoms with van der Waals surface area (Å²) in [6.07, 6.45) is 0. The van der Waals surface area contributed by atoms with Crippen LogP contribution in [0.5, 0.6) is 0 Å². The maximum atomic E-state index is 9.32. The van der Waals surface area contributed by atoms with E-state index in [9.17, 15) is 57.4 Å². The van der Waals surface area contributed by atoms with Crippen LogP contribution in [0.4, 0.5) is 0 Å². The molecule has 0 aliphatic heterocycles. The van der Waals surface area contributed by atoms with Gasteiger partial charge in [0.15, 0.2) is 0 Å². The molecule has 0 aromatic rings. The monoisotopic (exact) mass is 764 g/mol. The summed E-state index contributed by atoms with van der Waals surface area (Å²) in [7, 11) is -22.7. The number of rotatable bonds is 4. The fourth-order valence-electron chi connectivity index (χ4n) is 0.245. The van der Waals surface area contributed by atoms with Crippen molar-refractivity contribution < 1.29 is 66.0 Å². The Morgan fingerprint density at radius 1 is 0.450 bits per heavy atom. The molecule has 0 saturated heterocycles. The van der Waals surface area contributed by atoms with Crippen molar-refractivity contribution in [2.24, 2.45) is 0 Å². The first kappa shape index (κ1) is 30.3. The molecule has 120 valence electrons. The molecule has 0 aliphatic rings. The quantitative estimate of drug-likeness (QED) is 0.190. The van der Waals surface area contributed by atoms with Crippen LogP contribution in [0.25, 0.3) is 0 Å². The molecule has 0 N–H and O–H groups in total. The van der Waals surface area contributed by atoms with Gasteiger partial charge in [0.1, 0.15) is 0 Å². The molecular weight excluding hydrogens is 762 g/mol. The average molecular weight is 762 g/mol. The second-order valence-electron chi connectivity index (χ2n) is 1.95. The third-order valence-electron chi connectivity index (χ3n) is 0.400. The molecule has 0 fully saturated rings. The van der Waals surface area contributed by atoms with E-state index in [0.717, 1.165) is 0 Å². The van der Waals surface area contributed by atoms with Crippen molar-refractivity contribution in [2.45, 2.75) is 0 Å². The first-order valence-corrected chi connectivity index (χ1v) is 8.76. The summed E-state index contributed by atoms with van der Waals surface area (Å²) >= 11 is 0. The summed E-state index contributed by atoms with van der Waals surface area (Å²) in [6.45, 7) is 0. The molecule has 0 heterocycles. The van der Waals surface area contributed by atoms with Crippen LogP contribution in [0.2, 0.25) is 0 Å². The van der Waals surface area contributed by atoms with E-state index in [1.165, 1.54) is 0 Å². The van der Waals surface area contributed by atoms with Crippen molar-refractivity contribution in [3.63, 3.8) is 0 Å². The van der Waals surface area contributed by atoms with Crippen molar-refractivity contribution in [3.05, 3.63) is 0 Å². The molecule has 20 heavy (non-hydrogen) atoms. The Labute approximate surface area is 151 Å². The Kier molecular flexibility index (Phi) is 16.7. The smallest absolute Gasteiger partial charge is 0.0655 e. The second kappa shape index (κ2) is 11.0. The van der Waals surface area contributed by atoms with Gasteiger partial charge in [-0.25, -0.2) is 0 Å². The minimum Gasteiger partial charge on any atom is -0.790 e. The fourth-order valence-corrected chi connectivity index (χ4v) is 2.20. The van der Waals surface area contributed by atoms with E-state index in [-0.39, 0.29) is 54.6 Å². The molecule has 14 nitrogen and oxygen atoms in total. The summed E-state index contributed by atoms with van der Waals surface area (Å²) < 4.78 is 42.3. The van der Waals surface area contributed by atoms with Crippen molar-refractivity contribution in [1.82, 2.24) is 0 Å². The van der Waals surface area contributed by atoms with Crippen LogP contribution < -0.4 is 39.1 Å². The zero-order valence-corrected chi connectivity index (χ0v) is 19.9. The maximum Gasteiger partial charge on any atom is 0.0655 e. The van der Waals surface area contributed by atoms with Gasteiger partial charge in [-0.2, -0.15) is 0 Å². The predicted molar refractivity (Wildman–Crippen MR) is 44.1 cm³/mol. The fraction of sp³-hybridized carbons (Fsp3) is 0. The van der Waals surface area contributed by atoms with Gasteiger partial charge in [0.2, 0.25) is 0 Å². The van der Waals surface area contributed by atoms with Gasteiger partial charge in [-0.1, -0.05) is 0 Å². The van der Waals surface area contributed by atoms with Gasteiger partial charge in [-0.15, -0.1) is 0 Å². The third kappa shape index (κ3) is 37.0. The minimum absolute atomic E-state index is 0. The average Bonchev–Trinajstić information content (AvgIpc) is 1.64. The topological polar surface area (TPSA) is 271 Å². The molecule has 0 aliphatic carbocycles. The van der Waals surface area contributed by atoms with Crippen LogP contribution in [0.15, 0.2) is 0 Å². The number of phosphoric acid groups is 4. The van der Waals surface area contributed by atoms with Gasteiger partial charge in [0.25, 0.3) is 0 Å². The molecule has 8 radical (unpaired) electrons. The molecule has 0 bridgehead atoms. The standard InChI is InChI=1S/2H4O7P2.2Pb/c2*1-8(2,3)7-9(4,5)6;;/h2*(H2,1,2,3)(H2,4,5,6);;/p-8. The van der Waals surface area contributed by atoms with Crippen LogP contribution in [0.3, 0.4) is 0 Å². The summed E-state index contributed by atoms with van der Waals surface area (Å²) in [6, 6.07) is 0. The van der Waals surface area contributed by atoms with Crippen molar-refractivity contribution in [1.29, 1.82) is 0 Å². The Bertz CT molecular complexity index is 346. The molecule has 0 spiro atoms. The normalized spacial score (nSPS) is 12.4. The third-order valence-corrected chi connectivity index (χ3v) is 3.60.